The molecule has 0 saturated carbocycles. The van der Waals surface area contributed by atoms with Crippen LogP contribution < -0.4 is 10.1 Å². The third-order valence-corrected chi connectivity index (χ3v) is 4.15. The average molecular weight is 403 g/mol. The van der Waals surface area contributed by atoms with E-state index in [9.17, 15) is 22.8 Å². The number of ether oxygens (including phenoxy) is 3. The van der Waals surface area contributed by atoms with E-state index in [0.717, 1.165) is 11.3 Å². The number of hydrogen-bond donors (Lipinski definition) is 1. The van der Waals surface area contributed by atoms with E-state index in [4.69, 9.17) is 14.2 Å². The molecular weight excluding hydrogens is 379 g/mol. The average Bonchev–Trinajstić information content (AvgIpc) is 3.12. The molecular formula is C19H24F3NO5. The maximum Gasteiger partial charge on any atom is 0.471 e. The standard InChI is InChI=1S/C19H24F3NO5/c1-2-26-15-9-7-13(8-10-15)17-27-12-16(28-17)6-4-3-5-14(24)11-23-18(25)19(20,21)22/h7-10,16-17H,2-6,11-12H2,1H3,(H,23,25). The molecule has 1 aromatic rings. The molecule has 6 nitrogen and oxygen atoms in total. The van der Waals surface area contributed by atoms with Crippen LogP contribution in [0.1, 0.15) is 44.5 Å². The number of nitrogens with one attached hydrogen (secondary N) is 1. The van der Waals surface area contributed by atoms with Gasteiger partial charge in [0.05, 0.1) is 25.9 Å². The zero-order valence-corrected chi connectivity index (χ0v) is 15.6. The minimum atomic E-state index is -4.97. The first-order chi connectivity index (χ1) is 13.3. The minimum Gasteiger partial charge on any atom is -0.494 e. The van der Waals surface area contributed by atoms with E-state index in [2.05, 4.69) is 0 Å². The van der Waals surface area contributed by atoms with Crippen LogP contribution in [0.4, 0.5) is 13.2 Å². The molecule has 1 fully saturated rings. The maximum absolute atomic E-state index is 12.0. The van der Waals surface area contributed by atoms with E-state index in [0.29, 0.717) is 32.5 Å². The fraction of sp³-hybridized carbons (Fsp3) is 0.579. The van der Waals surface area contributed by atoms with Gasteiger partial charge in [-0.15, -0.1) is 0 Å². The first-order valence-electron chi connectivity index (χ1n) is 9.16. The number of amides is 1. The summed E-state index contributed by atoms with van der Waals surface area (Å²) in [4.78, 5) is 22.2. The van der Waals surface area contributed by atoms with Crippen LogP contribution >= 0.6 is 0 Å². The molecule has 0 spiro atoms. The Labute approximate surface area is 161 Å². The molecule has 1 saturated heterocycles. The number of carbonyl (C=O) groups excluding carboxylic acids is 2. The maximum atomic E-state index is 12.0. The van der Waals surface area contributed by atoms with Crippen LogP contribution in [0.3, 0.4) is 0 Å². The Morgan fingerprint density at radius 3 is 2.57 bits per heavy atom. The molecule has 2 unspecified atom stereocenters. The molecule has 1 aliphatic heterocycles. The fourth-order valence-electron chi connectivity index (χ4n) is 2.72. The van der Waals surface area contributed by atoms with Crippen molar-refractivity contribution in [1.82, 2.24) is 5.32 Å². The molecule has 156 valence electrons. The minimum absolute atomic E-state index is 0.100. The summed E-state index contributed by atoms with van der Waals surface area (Å²) >= 11 is 0. The number of halogens is 3. The Kier molecular flexibility index (Phi) is 8.25. The molecule has 9 heteroatoms. The summed E-state index contributed by atoms with van der Waals surface area (Å²) < 4.78 is 53.0. The lowest BCUT2D eigenvalue weighted by Gasteiger charge is -2.12. The van der Waals surface area contributed by atoms with Gasteiger partial charge in [0.1, 0.15) is 5.75 Å². The van der Waals surface area contributed by atoms with E-state index in [-0.39, 0.29) is 12.5 Å². The van der Waals surface area contributed by atoms with Gasteiger partial charge in [-0.2, -0.15) is 13.2 Å². The highest BCUT2D eigenvalue weighted by Crippen LogP contribution is 2.30. The third kappa shape index (κ3) is 7.12. The monoisotopic (exact) mass is 403 g/mol. The summed E-state index contributed by atoms with van der Waals surface area (Å²) in [5, 5.41) is 1.57. The van der Waals surface area contributed by atoms with E-state index < -0.39 is 30.7 Å². The Morgan fingerprint density at radius 1 is 1.21 bits per heavy atom. The molecule has 0 radical (unpaired) electrons. The Hall–Kier alpha value is -2.13. The number of alkyl halides is 3. The molecule has 0 bridgehead atoms. The van der Waals surface area contributed by atoms with Gasteiger partial charge in [0.15, 0.2) is 12.1 Å². The van der Waals surface area contributed by atoms with Gasteiger partial charge >= 0.3 is 12.1 Å². The van der Waals surface area contributed by atoms with Gasteiger partial charge in [-0.3, -0.25) is 9.59 Å². The highest BCUT2D eigenvalue weighted by atomic mass is 19.4. The van der Waals surface area contributed by atoms with Crippen LogP contribution in [0.25, 0.3) is 0 Å². The highest BCUT2D eigenvalue weighted by molar-refractivity contribution is 5.88. The molecule has 1 aromatic carbocycles. The zero-order valence-electron chi connectivity index (χ0n) is 15.6. The number of hydrogen-bond acceptors (Lipinski definition) is 5. The second-order valence-electron chi connectivity index (χ2n) is 6.39. The van der Waals surface area contributed by atoms with Crippen LogP contribution in [-0.4, -0.2) is 43.7 Å². The first-order valence-corrected chi connectivity index (χ1v) is 9.16. The molecule has 2 rings (SSSR count). The number of benzene rings is 1. The summed E-state index contributed by atoms with van der Waals surface area (Å²) in [6, 6.07) is 7.46. The number of unbranched alkanes of at least 4 members (excludes halogenated alkanes) is 1. The van der Waals surface area contributed by atoms with Crippen LogP contribution in [0.2, 0.25) is 0 Å². The molecule has 1 aliphatic rings. The van der Waals surface area contributed by atoms with E-state index in [1.165, 1.54) is 0 Å². The Morgan fingerprint density at radius 2 is 1.93 bits per heavy atom. The van der Waals surface area contributed by atoms with E-state index in [1.54, 1.807) is 5.32 Å². The lowest BCUT2D eigenvalue weighted by molar-refractivity contribution is -0.173. The molecule has 1 N–H and O–H groups in total. The van der Waals surface area contributed by atoms with Crippen molar-refractivity contribution in [3.8, 4) is 5.75 Å². The van der Waals surface area contributed by atoms with Crippen molar-refractivity contribution < 1.29 is 37.0 Å². The fourth-order valence-corrected chi connectivity index (χ4v) is 2.72. The number of Topliss-reactive ketones (excluding diaryl/α,β-unsaturated/α-hetero) is 1. The lowest BCUT2D eigenvalue weighted by atomic mass is 10.1. The molecule has 2 atom stereocenters. The van der Waals surface area contributed by atoms with Crippen molar-refractivity contribution in [2.45, 2.75) is 51.2 Å². The van der Waals surface area contributed by atoms with Crippen molar-refractivity contribution in [3.05, 3.63) is 29.8 Å². The normalized spacial score (nSPS) is 19.4. The van der Waals surface area contributed by atoms with Crippen molar-refractivity contribution in [2.75, 3.05) is 19.8 Å². The molecule has 1 heterocycles. The topological polar surface area (TPSA) is 73.9 Å². The van der Waals surface area contributed by atoms with Crippen molar-refractivity contribution in [1.29, 1.82) is 0 Å². The second kappa shape index (κ2) is 10.4. The Bertz CT molecular complexity index is 648. The first kappa shape index (κ1) is 22.2. The summed E-state index contributed by atoms with van der Waals surface area (Å²) in [7, 11) is 0. The van der Waals surface area contributed by atoms with Crippen molar-refractivity contribution in [3.63, 3.8) is 0 Å². The molecule has 0 aromatic heterocycles. The van der Waals surface area contributed by atoms with Gasteiger partial charge in [0.2, 0.25) is 0 Å². The van der Waals surface area contributed by atoms with Gasteiger partial charge in [-0.1, -0.05) is 18.6 Å². The SMILES string of the molecule is CCOc1ccc(C2OCC(CCCCC(=O)CNC(=O)C(F)(F)F)O2)cc1. The number of ketones is 1. The smallest absolute Gasteiger partial charge is 0.471 e. The van der Waals surface area contributed by atoms with Crippen LogP contribution in [-0.2, 0) is 19.1 Å². The van der Waals surface area contributed by atoms with Crippen LogP contribution in [0.15, 0.2) is 24.3 Å². The van der Waals surface area contributed by atoms with Crippen LogP contribution in [0.5, 0.6) is 5.75 Å². The predicted molar refractivity (Wildman–Crippen MR) is 93.7 cm³/mol. The summed E-state index contributed by atoms with van der Waals surface area (Å²) in [6.07, 6.45) is -3.56. The van der Waals surface area contributed by atoms with E-state index in [1.807, 2.05) is 31.2 Å². The quantitative estimate of drug-likeness (QED) is 0.607. The van der Waals surface area contributed by atoms with Gasteiger partial charge < -0.3 is 19.5 Å². The van der Waals surface area contributed by atoms with Gasteiger partial charge in [-0.25, -0.2) is 0 Å². The summed E-state index contributed by atoms with van der Waals surface area (Å²) in [6.45, 7) is 2.33. The zero-order chi connectivity index (χ0) is 20.6. The van der Waals surface area contributed by atoms with Crippen LogP contribution in [0, 0.1) is 0 Å². The third-order valence-electron chi connectivity index (χ3n) is 4.15. The van der Waals surface area contributed by atoms with Gasteiger partial charge in [0.25, 0.3) is 0 Å². The van der Waals surface area contributed by atoms with E-state index >= 15 is 0 Å². The second-order valence-corrected chi connectivity index (χ2v) is 6.39. The predicted octanol–water partition coefficient (Wildman–Crippen LogP) is 3.31. The van der Waals surface area contributed by atoms with Crippen molar-refractivity contribution in [2.24, 2.45) is 0 Å². The number of rotatable bonds is 10. The molecule has 1 amide bonds. The summed E-state index contributed by atoms with van der Waals surface area (Å²) in [5.41, 5.74) is 0.890. The largest absolute Gasteiger partial charge is 0.494 e. The molecule has 28 heavy (non-hydrogen) atoms. The van der Waals surface area contributed by atoms with Gasteiger partial charge in [-0.05, 0) is 31.9 Å². The summed E-state index contributed by atoms with van der Waals surface area (Å²) in [5.74, 6) is -1.76. The lowest BCUT2D eigenvalue weighted by Crippen LogP contribution is -2.39. The number of carbonyl (C=O) groups is 2. The van der Waals surface area contributed by atoms with Crippen molar-refractivity contribution >= 4 is 11.7 Å². The van der Waals surface area contributed by atoms with Gasteiger partial charge in [0, 0.05) is 12.0 Å². The Balaban J connectivity index is 1.61. The highest BCUT2D eigenvalue weighted by Gasteiger charge is 2.38. The molecule has 0 aliphatic carbocycles.